The van der Waals surface area contributed by atoms with E-state index in [0.717, 1.165) is 11.0 Å². The van der Waals surface area contributed by atoms with E-state index in [1.54, 1.807) is 3.58 Å². The van der Waals surface area contributed by atoms with Crippen molar-refractivity contribution in [1.82, 2.24) is 0 Å². The van der Waals surface area contributed by atoms with Gasteiger partial charge in [0.1, 0.15) is 0 Å². The number of alkyl halides is 3. The van der Waals surface area contributed by atoms with Crippen LogP contribution in [0.1, 0.15) is 77.3 Å². The van der Waals surface area contributed by atoms with Crippen LogP contribution in [0, 0.1) is 11.3 Å². The predicted octanol–water partition coefficient (Wildman–Crippen LogP) is 8.11. The van der Waals surface area contributed by atoms with Gasteiger partial charge in [0.15, 0.2) is 0 Å². The van der Waals surface area contributed by atoms with Gasteiger partial charge in [-0.15, -0.1) is 0 Å². The molecule has 1 atom stereocenters. The van der Waals surface area contributed by atoms with E-state index in [4.69, 9.17) is 5.26 Å². The molecule has 0 aliphatic rings. The summed E-state index contributed by atoms with van der Waals surface area (Å²) >= 11 is -1.20. The number of benzene rings is 2. The number of rotatable bonds is 15. The molecule has 214 valence electrons. The van der Waals surface area contributed by atoms with Crippen molar-refractivity contribution < 1.29 is 23.1 Å². The summed E-state index contributed by atoms with van der Waals surface area (Å²) in [6.07, 6.45) is 2.74. The molecule has 1 unspecified atom stereocenters. The molecule has 2 rings (SSSR count). The van der Waals surface area contributed by atoms with Crippen molar-refractivity contribution in [3.8, 4) is 6.07 Å². The van der Waals surface area contributed by atoms with Crippen LogP contribution in [0.5, 0.6) is 0 Å². The molecule has 0 spiro atoms. The van der Waals surface area contributed by atoms with Gasteiger partial charge in [0.25, 0.3) is 0 Å². The van der Waals surface area contributed by atoms with E-state index in [1.807, 2.05) is 0 Å². The van der Waals surface area contributed by atoms with Crippen molar-refractivity contribution in [3.05, 3.63) is 53.6 Å². The topological polar surface area (TPSA) is 73.1 Å². The molecule has 1 amide bonds. The van der Waals surface area contributed by atoms with Crippen LogP contribution in [0.2, 0.25) is 13.3 Å². The number of carbonyl (C=O) groups is 1. The van der Waals surface area contributed by atoms with Gasteiger partial charge in [0, 0.05) is 0 Å². The monoisotopic (exact) mass is 670 g/mol. The molecular weight excluding hydrogens is 628 g/mol. The molecule has 39 heavy (non-hydrogen) atoms. The van der Waals surface area contributed by atoms with Gasteiger partial charge >= 0.3 is 211 Å². The number of hydrogen-bond acceptors (Lipinski definition) is 4. The number of aliphatic hydroxyl groups is 1. The second kappa shape index (κ2) is 15.3. The number of nitriles is 1. The van der Waals surface area contributed by atoms with Gasteiger partial charge in [0.2, 0.25) is 0 Å². The van der Waals surface area contributed by atoms with E-state index in [-0.39, 0.29) is 11.4 Å². The molecular formula is C30H41F3N2O2SSn. The Balaban J connectivity index is 2.14. The second-order valence-electron chi connectivity index (χ2n) is 10.5. The zero-order valence-electron chi connectivity index (χ0n) is 23.5. The van der Waals surface area contributed by atoms with E-state index < -0.39 is 47.2 Å². The predicted molar refractivity (Wildman–Crippen MR) is 157 cm³/mol. The van der Waals surface area contributed by atoms with Crippen molar-refractivity contribution in [2.45, 2.75) is 96.2 Å². The van der Waals surface area contributed by atoms with Crippen LogP contribution in [0.4, 0.5) is 18.9 Å². The number of nitrogens with zero attached hydrogens (tertiary/aromatic N) is 1. The summed E-state index contributed by atoms with van der Waals surface area (Å²) in [5.74, 6) is -0.769. The zero-order chi connectivity index (χ0) is 29.1. The van der Waals surface area contributed by atoms with Gasteiger partial charge in [-0.3, -0.25) is 0 Å². The summed E-state index contributed by atoms with van der Waals surface area (Å²) in [6, 6.07) is 13.2. The first-order valence-corrected chi connectivity index (χ1v) is 22.3. The molecule has 0 aliphatic carbocycles. The van der Waals surface area contributed by atoms with Gasteiger partial charge in [-0.05, 0) is 0 Å². The van der Waals surface area contributed by atoms with Gasteiger partial charge in [0.05, 0.1) is 11.6 Å². The molecule has 0 saturated heterocycles. The minimum atomic E-state index is -4.73. The molecule has 9 heteroatoms. The fourth-order valence-electron chi connectivity index (χ4n) is 4.77. The summed E-state index contributed by atoms with van der Waals surface area (Å²) in [6.45, 7) is 8.12. The minimum absolute atomic E-state index is 0.0382. The first-order valence-electron chi connectivity index (χ1n) is 13.8. The Bertz CT molecular complexity index is 1090. The Kier molecular flexibility index (Phi) is 13.2. The first-order chi connectivity index (χ1) is 18.4. The third-order valence-electron chi connectivity index (χ3n) is 7.21. The average Bonchev–Trinajstić information content (AvgIpc) is 2.91. The van der Waals surface area contributed by atoms with Crippen molar-refractivity contribution in [2.75, 3.05) is 11.1 Å². The van der Waals surface area contributed by atoms with Crippen LogP contribution in [-0.2, 0) is 11.0 Å². The van der Waals surface area contributed by atoms with Gasteiger partial charge in [-0.1, -0.05) is 0 Å². The Morgan fingerprint density at radius 3 is 1.97 bits per heavy atom. The van der Waals surface area contributed by atoms with E-state index in [0.29, 0.717) is 6.07 Å². The summed E-state index contributed by atoms with van der Waals surface area (Å²) in [5.41, 5.74) is -3.60. The molecule has 2 aromatic carbocycles. The normalized spacial score (nSPS) is 13.5. The second-order valence-corrected chi connectivity index (χ2v) is 24.8. The van der Waals surface area contributed by atoms with Crippen LogP contribution >= 0.6 is 11.8 Å². The van der Waals surface area contributed by atoms with Gasteiger partial charge in [-0.25, -0.2) is 0 Å². The molecule has 0 bridgehead atoms. The van der Waals surface area contributed by atoms with E-state index in [1.165, 1.54) is 82.7 Å². The van der Waals surface area contributed by atoms with Crippen LogP contribution in [0.25, 0.3) is 0 Å². The number of nitrogens with one attached hydrogen (secondary N) is 1. The van der Waals surface area contributed by atoms with Crippen LogP contribution < -0.4 is 8.90 Å². The zero-order valence-corrected chi connectivity index (χ0v) is 27.1. The van der Waals surface area contributed by atoms with Crippen LogP contribution in [-0.4, -0.2) is 40.7 Å². The molecule has 0 aliphatic heterocycles. The Morgan fingerprint density at radius 2 is 1.51 bits per heavy atom. The third-order valence-corrected chi connectivity index (χ3v) is 24.2. The molecule has 0 fully saturated rings. The summed E-state index contributed by atoms with van der Waals surface area (Å²) in [7, 11) is 0. The number of amides is 1. The maximum absolute atomic E-state index is 13.3. The molecule has 0 radical (unpaired) electrons. The number of carbonyl (C=O) groups excluding carboxylic acids is 1. The molecule has 0 aromatic heterocycles. The fourth-order valence-corrected chi connectivity index (χ4v) is 21.6. The Morgan fingerprint density at radius 1 is 0.974 bits per heavy atom. The number of hydrogen-bond donors (Lipinski definition) is 2. The number of thioether (sulfide) groups is 1. The van der Waals surface area contributed by atoms with Gasteiger partial charge in [-0.2, -0.15) is 18.4 Å². The summed E-state index contributed by atoms with van der Waals surface area (Å²) < 4.78 is 45.5. The Labute approximate surface area is 239 Å². The van der Waals surface area contributed by atoms with Crippen LogP contribution in [0.15, 0.2) is 47.4 Å². The SMILES string of the molecule is CCC[CH2][Sn]([CH2]CCC)([CH2]CCC)[c]1ccc(SCC(C)(O)C(=O)Nc2ccc(C#N)c(C(F)(F)F)c2)cc1. The molecule has 0 saturated carbocycles. The number of anilines is 1. The molecule has 0 heterocycles. The quantitative estimate of drug-likeness (QED) is 0.149. The number of halogens is 3. The van der Waals surface area contributed by atoms with E-state index in [2.05, 4.69) is 50.4 Å². The summed E-state index contributed by atoms with van der Waals surface area (Å²) in [5, 5.41) is 22.1. The van der Waals surface area contributed by atoms with Crippen molar-refractivity contribution in [1.29, 1.82) is 5.26 Å². The maximum atomic E-state index is 13.3. The van der Waals surface area contributed by atoms with Crippen molar-refractivity contribution >= 4 is 45.3 Å². The van der Waals surface area contributed by atoms with E-state index >= 15 is 0 Å². The standard InChI is InChI=1S/C18H14F3N2O2S.3C4H9.Sn/c1-17(25,11-26-14-5-3-2-4-6-14)16(24)23-13-8-7-12(10-22)15(9-13)18(19,20)21;3*1-3-4-2;/h3-9,25H,11H2,1H3,(H,23,24);3*1,3-4H2,2H3;. The van der Waals surface area contributed by atoms with Crippen LogP contribution in [0.3, 0.4) is 0 Å². The first kappa shape index (κ1) is 33.5. The third kappa shape index (κ3) is 9.71. The van der Waals surface area contributed by atoms with Crippen molar-refractivity contribution in [2.24, 2.45) is 0 Å². The van der Waals surface area contributed by atoms with Gasteiger partial charge < -0.3 is 0 Å². The Hall–Kier alpha value is -1.70. The fraction of sp³-hybridized carbons (Fsp3) is 0.533. The molecule has 4 nitrogen and oxygen atoms in total. The molecule has 2 N–H and O–H groups in total. The molecule has 2 aromatic rings. The van der Waals surface area contributed by atoms with E-state index in [9.17, 15) is 23.1 Å². The summed E-state index contributed by atoms with van der Waals surface area (Å²) in [4.78, 5) is 13.7. The number of unbranched alkanes of at least 4 members (excludes halogenated alkanes) is 3. The van der Waals surface area contributed by atoms with Crippen molar-refractivity contribution in [3.63, 3.8) is 0 Å². The average molecular weight is 669 g/mol.